The maximum absolute atomic E-state index is 12.8. The van der Waals surface area contributed by atoms with Crippen molar-refractivity contribution in [2.75, 3.05) is 5.32 Å². The molecule has 2 N–H and O–H groups in total. The number of aryl methyl sites for hydroxylation is 2. The van der Waals surface area contributed by atoms with Gasteiger partial charge < -0.3 is 10.4 Å². The van der Waals surface area contributed by atoms with Crippen molar-refractivity contribution in [3.8, 4) is 17.0 Å². The van der Waals surface area contributed by atoms with Crippen molar-refractivity contribution in [3.05, 3.63) is 46.6 Å². The van der Waals surface area contributed by atoms with Gasteiger partial charge in [0.25, 0.3) is 0 Å². The number of nitrogens with one attached hydrogen (secondary N) is 1. The molecule has 1 saturated carbocycles. The number of hydrogen-bond donors (Lipinski definition) is 2. The van der Waals surface area contributed by atoms with E-state index in [4.69, 9.17) is 9.97 Å². The number of allylic oxidation sites excluding steroid dienone is 1. The first-order chi connectivity index (χ1) is 14.7. The maximum Gasteiger partial charge on any atom is 0.225 e. The zero-order valence-corrected chi connectivity index (χ0v) is 17.9. The third kappa shape index (κ3) is 3.97. The molecule has 1 atom stereocenters. The second-order valence-corrected chi connectivity index (χ2v) is 9.70. The van der Waals surface area contributed by atoms with Crippen molar-refractivity contribution in [3.63, 3.8) is 0 Å². The molecule has 156 valence electrons. The Kier molecular flexibility index (Phi) is 5.50. The molecule has 1 amide bonds. The summed E-state index contributed by atoms with van der Waals surface area (Å²) in [4.78, 5) is 22.8. The Morgan fingerprint density at radius 3 is 2.83 bits per heavy atom. The van der Waals surface area contributed by atoms with E-state index in [1.165, 1.54) is 19.3 Å². The minimum absolute atomic E-state index is 0.0643. The number of aromatic nitrogens is 2. The molecule has 5 rings (SSSR count). The molecule has 0 spiro atoms. The molecule has 6 heteroatoms. The fourth-order valence-electron chi connectivity index (χ4n) is 4.86. The van der Waals surface area contributed by atoms with Crippen LogP contribution in [0.1, 0.15) is 67.1 Å². The minimum atomic E-state index is 0.0643. The molecule has 2 aromatic rings. The molecule has 1 aromatic heterocycles. The number of phenols is 1. The molecule has 0 bridgehead atoms. The van der Waals surface area contributed by atoms with Crippen LogP contribution in [0.2, 0.25) is 0 Å². The summed E-state index contributed by atoms with van der Waals surface area (Å²) in [7, 11) is 0. The Morgan fingerprint density at radius 1 is 1.17 bits per heavy atom. The van der Waals surface area contributed by atoms with Crippen molar-refractivity contribution in [2.24, 2.45) is 5.92 Å². The van der Waals surface area contributed by atoms with Gasteiger partial charge in [-0.05, 0) is 67.2 Å². The lowest BCUT2D eigenvalue weighted by Gasteiger charge is -2.24. The average molecular weight is 422 g/mol. The van der Waals surface area contributed by atoms with Crippen LogP contribution in [0, 0.1) is 5.92 Å². The third-order valence-corrected chi connectivity index (χ3v) is 7.51. The van der Waals surface area contributed by atoms with E-state index in [1.54, 1.807) is 17.8 Å². The van der Waals surface area contributed by atoms with Gasteiger partial charge in [-0.25, -0.2) is 9.97 Å². The van der Waals surface area contributed by atoms with Crippen LogP contribution in [-0.4, -0.2) is 21.0 Å². The number of nitrogens with zero attached hydrogens (tertiary/aromatic N) is 2. The van der Waals surface area contributed by atoms with Gasteiger partial charge in [-0.2, -0.15) is 0 Å². The van der Waals surface area contributed by atoms with Crippen molar-refractivity contribution in [1.29, 1.82) is 0 Å². The van der Waals surface area contributed by atoms with Gasteiger partial charge >= 0.3 is 0 Å². The molecule has 30 heavy (non-hydrogen) atoms. The lowest BCUT2D eigenvalue weighted by molar-refractivity contribution is -0.117. The summed E-state index contributed by atoms with van der Waals surface area (Å²) >= 11 is 1.73. The van der Waals surface area contributed by atoms with E-state index < -0.39 is 0 Å². The van der Waals surface area contributed by atoms with Crippen LogP contribution in [-0.2, 0) is 17.6 Å². The zero-order valence-electron chi connectivity index (χ0n) is 17.1. The Hall–Kier alpha value is -2.34. The molecule has 0 radical (unpaired) electrons. The fourth-order valence-corrected chi connectivity index (χ4v) is 5.79. The highest BCUT2D eigenvalue weighted by Crippen LogP contribution is 2.43. The zero-order chi connectivity index (χ0) is 20.5. The van der Waals surface area contributed by atoms with Gasteiger partial charge in [-0.1, -0.05) is 25.3 Å². The number of anilines is 1. The summed E-state index contributed by atoms with van der Waals surface area (Å²) in [6, 6.07) is 5.47. The van der Waals surface area contributed by atoms with Crippen molar-refractivity contribution in [1.82, 2.24) is 9.97 Å². The second-order valence-electron chi connectivity index (χ2n) is 8.58. The summed E-state index contributed by atoms with van der Waals surface area (Å²) < 4.78 is 0. The molecular formula is C24H27N3O2S. The summed E-state index contributed by atoms with van der Waals surface area (Å²) in [6.45, 7) is 0. The summed E-state index contributed by atoms with van der Waals surface area (Å²) in [5.41, 5.74) is 4.83. The van der Waals surface area contributed by atoms with Crippen LogP contribution >= 0.6 is 11.8 Å². The lowest BCUT2D eigenvalue weighted by Crippen LogP contribution is -2.22. The predicted octanol–water partition coefficient (Wildman–Crippen LogP) is 5.55. The smallest absolute Gasteiger partial charge is 0.225 e. The second kappa shape index (κ2) is 8.42. The van der Waals surface area contributed by atoms with Gasteiger partial charge in [-0.15, -0.1) is 11.8 Å². The normalized spacial score (nSPS) is 20.6. The van der Waals surface area contributed by atoms with E-state index in [-0.39, 0.29) is 16.9 Å². The van der Waals surface area contributed by atoms with Gasteiger partial charge in [0, 0.05) is 12.0 Å². The van der Waals surface area contributed by atoms with Crippen molar-refractivity contribution < 1.29 is 9.90 Å². The predicted molar refractivity (Wildman–Crippen MR) is 120 cm³/mol. The monoisotopic (exact) mass is 421 g/mol. The maximum atomic E-state index is 12.8. The van der Waals surface area contributed by atoms with E-state index in [0.29, 0.717) is 18.2 Å². The number of amides is 1. The number of carbonyl (C=O) groups is 1. The Bertz CT molecular complexity index is 990. The van der Waals surface area contributed by atoms with E-state index in [1.807, 2.05) is 12.1 Å². The number of carbonyl (C=O) groups excluding carboxylic acids is 1. The highest BCUT2D eigenvalue weighted by molar-refractivity contribution is 8.02. The molecule has 5 nitrogen and oxygen atoms in total. The summed E-state index contributed by atoms with van der Waals surface area (Å²) in [6.07, 6.45) is 11.3. The van der Waals surface area contributed by atoms with Crippen LogP contribution < -0.4 is 5.32 Å². The lowest BCUT2D eigenvalue weighted by atomic mass is 9.87. The first kappa shape index (κ1) is 19.6. The number of hydrogen-bond acceptors (Lipinski definition) is 5. The third-order valence-electron chi connectivity index (χ3n) is 6.42. The molecule has 2 aliphatic carbocycles. The van der Waals surface area contributed by atoms with Crippen molar-refractivity contribution >= 4 is 23.5 Å². The molecule has 1 unspecified atom stereocenters. The van der Waals surface area contributed by atoms with E-state index in [9.17, 15) is 9.90 Å². The molecule has 3 aliphatic rings. The quantitative estimate of drug-likeness (QED) is 0.677. The fraction of sp³-hybridized carbons (Fsp3) is 0.458. The standard InChI is InChI=1S/C24H27N3O2S/c28-17-9-10-18-16(14-17)8-11-19-22(18)27-23(20-7-4-12-30-20)24(25-19)26-21(29)13-15-5-2-1-3-6-15/h4,9-10,12,14-15,20,28H,1-3,5-8,11,13H2,(H,25,26,29). The number of benzene rings is 1. The van der Waals surface area contributed by atoms with E-state index in [2.05, 4.69) is 16.8 Å². The van der Waals surface area contributed by atoms with Gasteiger partial charge in [0.15, 0.2) is 5.82 Å². The van der Waals surface area contributed by atoms with E-state index >= 15 is 0 Å². The number of thioether (sulfide) groups is 1. The Morgan fingerprint density at radius 2 is 2.03 bits per heavy atom. The Labute approximate surface area is 181 Å². The molecule has 1 aliphatic heterocycles. The number of rotatable bonds is 4. The molecule has 1 fully saturated rings. The molecular weight excluding hydrogens is 394 g/mol. The number of phenolic OH excluding ortho intramolecular Hbond substituents is 1. The number of fused-ring (bicyclic) bond motifs is 3. The van der Waals surface area contributed by atoms with Crippen LogP contribution in [0.15, 0.2) is 29.7 Å². The number of aromatic hydroxyl groups is 1. The SMILES string of the molecule is O=C(CC1CCCCC1)Nc1nc2c(nc1C1CC=CS1)-c1ccc(O)cc1CC2. The Balaban J connectivity index is 1.46. The summed E-state index contributed by atoms with van der Waals surface area (Å²) in [5.74, 6) is 1.48. The van der Waals surface area contributed by atoms with Crippen LogP contribution in [0.5, 0.6) is 5.75 Å². The van der Waals surface area contributed by atoms with E-state index in [0.717, 1.165) is 60.3 Å². The first-order valence-corrected chi connectivity index (χ1v) is 11.9. The highest BCUT2D eigenvalue weighted by atomic mass is 32.2. The van der Waals surface area contributed by atoms with Crippen molar-refractivity contribution in [2.45, 2.75) is 63.0 Å². The first-order valence-electron chi connectivity index (χ1n) is 11.0. The van der Waals surface area contributed by atoms with Gasteiger partial charge in [0.05, 0.1) is 22.3 Å². The topological polar surface area (TPSA) is 75.1 Å². The van der Waals surface area contributed by atoms with Crippen LogP contribution in [0.25, 0.3) is 11.3 Å². The molecule has 1 aromatic carbocycles. The molecule has 0 saturated heterocycles. The van der Waals surface area contributed by atoms with Gasteiger partial charge in [0.2, 0.25) is 5.91 Å². The minimum Gasteiger partial charge on any atom is -0.508 e. The molecule has 2 heterocycles. The largest absolute Gasteiger partial charge is 0.508 e. The van der Waals surface area contributed by atoms with Crippen LogP contribution in [0.3, 0.4) is 0 Å². The highest BCUT2D eigenvalue weighted by Gasteiger charge is 2.27. The van der Waals surface area contributed by atoms with Gasteiger partial charge in [-0.3, -0.25) is 4.79 Å². The summed E-state index contributed by atoms with van der Waals surface area (Å²) in [5, 5.41) is 15.2. The van der Waals surface area contributed by atoms with Crippen LogP contribution in [0.4, 0.5) is 5.82 Å². The van der Waals surface area contributed by atoms with Gasteiger partial charge in [0.1, 0.15) is 5.75 Å². The average Bonchev–Trinajstić information content (AvgIpc) is 3.28.